The van der Waals surface area contributed by atoms with Gasteiger partial charge in [0.05, 0.1) is 26.3 Å². The fourth-order valence-corrected chi connectivity index (χ4v) is 3.66. The number of carbonyl (C=O) groups excluding carboxylic acids is 1. The van der Waals surface area contributed by atoms with E-state index in [-0.39, 0.29) is 5.91 Å². The number of aromatic nitrogens is 2. The summed E-state index contributed by atoms with van der Waals surface area (Å²) >= 11 is 0. The number of nitrogens with one attached hydrogen (secondary N) is 1. The van der Waals surface area contributed by atoms with E-state index in [2.05, 4.69) is 40.7 Å². The van der Waals surface area contributed by atoms with Gasteiger partial charge in [0.15, 0.2) is 11.5 Å². The average Bonchev–Trinajstić information content (AvgIpc) is 3.35. The molecule has 1 amide bonds. The van der Waals surface area contributed by atoms with Crippen LogP contribution in [0, 0.1) is 0 Å². The quantitative estimate of drug-likeness (QED) is 0.448. The summed E-state index contributed by atoms with van der Waals surface area (Å²) in [7, 11) is 3.08. The van der Waals surface area contributed by atoms with Gasteiger partial charge in [-0.2, -0.15) is 5.10 Å². The largest absolute Gasteiger partial charge is 0.493 e. The molecule has 0 saturated carbocycles. The van der Waals surface area contributed by atoms with Crippen LogP contribution in [0.5, 0.6) is 11.5 Å². The molecule has 0 radical (unpaired) electrons. The molecule has 1 N–H and O–H groups in total. The highest BCUT2D eigenvalue weighted by Gasteiger charge is 2.16. The molecule has 0 spiro atoms. The molecular weight excluding hydrogens is 402 g/mol. The van der Waals surface area contributed by atoms with Crippen molar-refractivity contribution in [3.05, 3.63) is 102 Å². The normalized spacial score (nSPS) is 10.6. The van der Waals surface area contributed by atoms with Crippen LogP contribution in [0.3, 0.4) is 0 Å². The number of hydrogen-bond donors (Lipinski definition) is 1. The first kappa shape index (κ1) is 21.2. The smallest absolute Gasteiger partial charge is 0.255 e. The Morgan fingerprint density at radius 2 is 1.75 bits per heavy atom. The molecule has 32 heavy (non-hydrogen) atoms. The minimum atomic E-state index is -0.217. The monoisotopic (exact) mass is 427 g/mol. The zero-order valence-corrected chi connectivity index (χ0v) is 18.1. The number of ether oxygens (including phenoxy) is 2. The summed E-state index contributed by atoms with van der Waals surface area (Å²) in [5.74, 6) is 0.731. The number of amides is 1. The SMILES string of the molecule is COc1cccc(C(=O)NCc2ccccc2-c2ccc(Cn3cccn3)cc2)c1OC. The van der Waals surface area contributed by atoms with Gasteiger partial charge < -0.3 is 14.8 Å². The van der Waals surface area contributed by atoms with Gasteiger partial charge >= 0.3 is 0 Å². The molecule has 6 heteroatoms. The minimum absolute atomic E-state index is 0.217. The van der Waals surface area contributed by atoms with Crippen LogP contribution in [0.25, 0.3) is 11.1 Å². The van der Waals surface area contributed by atoms with Crippen LogP contribution in [0.2, 0.25) is 0 Å². The second-order valence-corrected chi connectivity index (χ2v) is 7.28. The molecular formula is C26H25N3O3. The number of nitrogens with zero attached hydrogens (tertiary/aromatic N) is 2. The molecule has 0 bridgehead atoms. The van der Waals surface area contributed by atoms with E-state index < -0.39 is 0 Å². The summed E-state index contributed by atoms with van der Waals surface area (Å²) in [6, 6.07) is 23.7. The molecule has 0 saturated heterocycles. The van der Waals surface area contributed by atoms with Crippen molar-refractivity contribution < 1.29 is 14.3 Å². The Bertz CT molecular complexity index is 1190. The fourth-order valence-electron chi connectivity index (χ4n) is 3.66. The van der Waals surface area contributed by atoms with Gasteiger partial charge in [-0.1, -0.05) is 54.6 Å². The molecule has 162 valence electrons. The standard InChI is InChI=1S/C26H25N3O3/c1-31-24-10-5-9-23(25(24)32-2)26(30)27-17-21-7-3-4-8-22(21)20-13-11-19(12-14-20)18-29-16-6-15-28-29/h3-16H,17-18H2,1-2H3,(H,27,30). The molecule has 1 heterocycles. The predicted molar refractivity (Wildman–Crippen MR) is 124 cm³/mol. The van der Waals surface area contributed by atoms with Gasteiger partial charge in [0.25, 0.3) is 5.91 Å². The first-order chi connectivity index (χ1) is 15.7. The Morgan fingerprint density at radius 1 is 0.938 bits per heavy atom. The third-order valence-corrected chi connectivity index (χ3v) is 5.27. The van der Waals surface area contributed by atoms with Crippen molar-refractivity contribution in [1.82, 2.24) is 15.1 Å². The maximum atomic E-state index is 12.9. The Hall–Kier alpha value is -4.06. The molecule has 6 nitrogen and oxygen atoms in total. The molecule has 4 aromatic rings. The summed E-state index contributed by atoms with van der Waals surface area (Å²) in [5, 5.41) is 7.26. The average molecular weight is 428 g/mol. The van der Waals surface area contributed by atoms with Crippen LogP contribution in [-0.4, -0.2) is 29.9 Å². The molecule has 0 aliphatic heterocycles. The lowest BCUT2D eigenvalue weighted by Gasteiger charge is -2.14. The summed E-state index contributed by atoms with van der Waals surface area (Å²) in [5.41, 5.74) is 4.82. The van der Waals surface area contributed by atoms with Crippen molar-refractivity contribution in [3.63, 3.8) is 0 Å². The Labute approximate surface area is 187 Å². The zero-order chi connectivity index (χ0) is 22.3. The second kappa shape index (κ2) is 9.83. The van der Waals surface area contributed by atoms with Crippen molar-refractivity contribution in [2.45, 2.75) is 13.1 Å². The van der Waals surface area contributed by atoms with Gasteiger partial charge in [0.2, 0.25) is 0 Å². The highest BCUT2D eigenvalue weighted by molar-refractivity contribution is 5.97. The highest BCUT2D eigenvalue weighted by atomic mass is 16.5. The summed E-state index contributed by atoms with van der Waals surface area (Å²) < 4.78 is 12.6. The second-order valence-electron chi connectivity index (χ2n) is 7.28. The van der Waals surface area contributed by atoms with E-state index in [0.717, 1.165) is 23.2 Å². The lowest BCUT2D eigenvalue weighted by molar-refractivity contribution is 0.0947. The molecule has 0 fully saturated rings. The van der Waals surface area contributed by atoms with Gasteiger partial charge in [-0.05, 0) is 40.5 Å². The van der Waals surface area contributed by atoms with E-state index in [1.54, 1.807) is 31.5 Å². The van der Waals surface area contributed by atoms with Crippen LogP contribution >= 0.6 is 0 Å². The van der Waals surface area contributed by atoms with Gasteiger partial charge in [-0.25, -0.2) is 0 Å². The summed E-state index contributed by atoms with van der Waals surface area (Å²) in [4.78, 5) is 12.9. The fraction of sp³-hybridized carbons (Fsp3) is 0.154. The van der Waals surface area contributed by atoms with Crippen LogP contribution in [0.4, 0.5) is 0 Å². The van der Waals surface area contributed by atoms with Gasteiger partial charge in [-0.3, -0.25) is 9.48 Å². The van der Waals surface area contributed by atoms with Crippen LogP contribution in [0.1, 0.15) is 21.5 Å². The van der Waals surface area contributed by atoms with Crippen molar-refractivity contribution >= 4 is 5.91 Å². The maximum Gasteiger partial charge on any atom is 0.255 e. The van der Waals surface area contributed by atoms with Crippen LogP contribution < -0.4 is 14.8 Å². The Balaban J connectivity index is 1.50. The first-order valence-corrected chi connectivity index (χ1v) is 10.3. The van der Waals surface area contributed by atoms with Crippen molar-refractivity contribution in [1.29, 1.82) is 0 Å². The van der Waals surface area contributed by atoms with E-state index in [0.29, 0.717) is 23.6 Å². The zero-order valence-electron chi connectivity index (χ0n) is 18.1. The summed E-state index contributed by atoms with van der Waals surface area (Å²) in [6.07, 6.45) is 3.73. The molecule has 0 aliphatic rings. The number of benzene rings is 3. The molecule has 0 atom stereocenters. The van der Waals surface area contributed by atoms with Crippen molar-refractivity contribution in [2.24, 2.45) is 0 Å². The van der Waals surface area contributed by atoms with E-state index in [4.69, 9.17) is 9.47 Å². The number of carbonyl (C=O) groups is 1. The topological polar surface area (TPSA) is 65.4 Å². The lowest BCUT2D eigenvalue weighted by Crippen LogP contribution is -2.23. The van der Waals surface area contributed by atoms with Crippen LogP contribution in [0.15, 0.2) is 85.2 Å². The van der Waals surface area contributed by atoms with Gasteiger partial charge in [0, 0.05) is 18.9 Å². The third-order valence-electron chi connectivity index (χ3n) is 5.27. The first-order valence-electron chi connectivity index (χ1n) is 10.3. The molecule has 1 aromatic heterocycles. The maximum absolute atomic E-state index is 12.9. The number of para-hydroxylation sites is 1. The van der Waals surface area contributed by atoms with Crippen molar-refractivity contribution in [3.8, 4) is 22.6 Å². The molecule has 4 rings (SSSR count). The van der Waals surface area contributed by atoms with Crippen molar-refractivity contribution in [2.75, 3.05) is 14.2 Å². The van der Waals surface area contributed by atoms with Crippen LogP contribution in [-0.2, 0) is 13.1 Å². The minimum Gasteiger partial charge on any atom is -0.493 e. The lowest BCUT2D eigenvalue weighted by atomic mass is 9.98. The summed E-state index contributed by atoms with van der Waals surface area (Å²) in [6.45, 7) is 1.12. The Morgan fingerprint density at radius 3 is 2.47 bits per heavy atom. The molecule has 0 unspecified atom stereocenters. The van der Waals surface area contributed by atoms with Gasteiger partial charge in [0.1, 0.15) is 0 Å². The van der Waals surface area contributed by atoms with E-state index >= 15 is 0 Å². The van der Waals surface area contributed by atoms with E-state index in [9.17, 15) is 4.79 Å². The highest BCUT2D eigenvalue weighted by Crippen LogP contribution is 2.31. The number of methoxy groups -OCH3 is 2. The predicted octanol–water partition coefficient (Wildman–Crippen LogP) is 4.55. The Kier molecular flexibility index (Phi) is 6.51. The molecule has 3 aromatic carbocycles. The van der Waals surface area contributed by atoms with E-state index in [1.165, 1.54) is 12.7 Å². The molecule has 0 aliphatic carbocycles. The number of hydrogen-bond acceptors (Lipinski definition) is 4. The number of rotatable bonds is 8. The van der Waals surface area contributed by atoms with E-state index in [1.807, 2.05) is 35.1 Å². The third kappa shape index (κ3) is 4.64. The van der Waals surface area contributed by atoms with Gasteiger partial charge in [-0.15, -0.1) is 0 Å².